The summed E-state index contributed by atoms with van der Waals surface area (Å²) in [6.07, 6.45) is 3.59. The van der Waals surface area contributed by atoms with Crippen molar-refractivity contribution >= 4 is 21.7 Å². The topological polar surface area (TPSA) is 102 Å². The molecular weight excluding hydrogens is 426 g/mol. The number of anilines is 2. The molecule has 2 heterocycles. The molecule has 11 heteroatoms. The number of rotatable bonds is 9. The summed E-state index contributed by atoms with van der Waals surface area (Å²) in [5.74, 6) is 0.0907. The smallest absolute Gasteiger partial charge is 0.280 e. The van der Waals surface area contributed by atoms with Gasteiger partial charge < -0.3 is 5.32 Å². The Kier molecular flexibility index (Phi) is 5.96. The highest BCUT2D eigenvalue weighted by Gasteiger charge is 2.35. The van der Waals surface area contributed by atoms with Gasteiger partial charge in [-0.15, -0.1) is 0 Å². The largest absolute Gasteiger partial charge is 0.324 e. The van der Waals surface area contributed by atoms with Crippen LogP contribution in [0.2, 0.25) is 0 Å². The van der Waals surface area contributed by atoms with E-state index in [-0.39, 0.29) is 23.4 Å². The van der Waals surface area contributed by atoms with Gasteiger partial charge >= 0.3 is 0 Å². The lowest BCUT2D eigenvalue weighted by atomic mass is 10.1. The molecule has 0 saturated heterocycles. The summed E-state index contributed by atoms with van der Waals surface area (Å²) < 4.78 is 53.8. The van der Waals surface area contributed by atoms with Crippen LogP contribution in [0.15, 0.2) is 42.9 Å². The first-order valence-electron chi connectivity index (χ1n) is 9.81. The maximum absolute atomic E-state index is 12.9. The van der Waals surface area contributed by atoms with Crippen molar-refractivity contribution in [3.05, 3.63) is 54.1 Å². The third-order valence-corrected chi connectivity index (χ3v) is 6.76. The molecule has 2 N–H and O–H groups in total. The van der Waals surface area contributed by atoms with Gasteiger partial charge in [0.25, 0.3) is 6.43 Å². The molecule has 0 radical (unpaired) electrons. The van der Waals surface area contributed by atoms with Crippen LogP contribution in [0.25, 0.3) is 11.1 Å². The van der Waals surface area contributed by atoms with Crippen molar-refractivity contribution < 1.29 is 17.2 Å². The minimum atomic E-state index is -3.21. The Morgan fingerprint density at radius 2 is 2.03 bits per heavy atom. The van der Waals surface area contributed by atoms with Crippen molar-refractivity contribution in [2.75, 3.05) is 11.9 Å². The molecule has 0 aliphatic heterocycles. The number of nitrogens with zero attached hydrogens (tertiary/aromatic N) is 4. The molecule has 0 amide bonds. The number of hydrogen-bond acceptors (Lipinski definition) is 6. The van der Waals surface area contributed by atoms with E-state index in [1.165, 1.54) is 12.3 Å². The summed E-state index contributed by atoms with van der Waals surface area (Å²) >= 11 is 0. The maximum Gasteiger partial charge on any atom is 0.280 e. The molecule has 1 saturated carbocycles. The maximum atomic E-state index is 12.9. The van der Waals surface area contributed by atoms with Crippen LogP contribution in [-0.4, -0.2) is 40.0 Å². The third-order valence-electron chi connectivity index (χ3n) is 4.81. The number of aryl methyl sites for hydroxylation is 1. The second kappa shape index (κ2) is 8.67. The molecule has 1 aliphatic rings. The predicted molar refractivity (Wildman–Crippen MR) is 113 cm³/mol. The lowest BCUT2D eigenvalue weighted by molar-refractivity contribution is 0.146. The summed E-state index contributed by atoms with van der Waals surface area (Å²) in [6, 6.07) is 6.86. The lowest BCUT2D eigenvalue weighted by Crippen LogP contribution is -2.30. The Morgan fingerprint density at radius 1 is 1.23 bits per heavy atom. The van der Waals surface area contributed by atoms with E-state index in [0.717, 1.165) is 29.5 Å². The molecule has 8 nitrogen and oxygen atoms in total. The minimum Gasteiger partial charge on any atom is -0.324 e. The number of alkyl halides is 2. The average Bonchev–Trinajstić information content (AvgIpc) is 3.48. The highest BCUT2D eigenvalue weighted by Crippen LogP contribution is 2.28. The van der Waals surface area contributed by atoms with Gasteiger partial charge in [0, 0.05) is 30.2 Å². The number of halogens is 2. The van der Waals surface area contributed by atoms with Gasteiger partial charge in [0.2, 0.25) is 16.0 Å². The molecule has 1 aliphatic carbocycles. The van der Waals surface area contributed by atoms with Crippen molar-refractivity contribution in [2.45, 2.75) is 38.0 Å². The molecular formula is C20H22F2N6O2S. The normalized spacial score (nSPS) is 14.2. The summed E-state index contributed by atoms with van der Waals surface area (Å²) in [7, 11) is -3.21. The van der Waals surface area contributed by atoms with Gasteiger partial charge in [0.05, 0.1) is 18.0 Å². The fourth-order valence-corrected chi connectivity index (χ4v) is 4.51. The van der Waals surface area contributed by atoms with Crippen LogP contribution in [0.4, 0.5) is 20.4 Å². The van der Waals surface area contributed by atoms with E-state index in [0.29, 0.717) is 12.2 Å². The second-order valence-electron chi connectivity index (χ2n) is 7.45. The zero-order valence-corrected chi connectivity index (χ0v) is 17.6. The van der Waals surface area contributed by atoms with E-state index >= 15 is 0 Å². The quantitative estimate of drug-likeness (QED) is 0.520. The zero-order valence-electron chi connectivity index (χ0n) is 16.8. The summed E-state index contributed by atoms with van der Waals surface area (Å²) in [6.45, 7) is 2.61. The van der Waals surface area contributed by atoms with Crippen LogP contribution in [0.5, 0.6) is 0 Å². The van der Waals surface area contributed by atoms with Gasteiger partial charge in [-0.3, -0.25) is 4.68 Å². The summed E-state index contributed by atoms with van der Waals surface area (Å²) in [5.41, 5.74) is 2.99. The van der Waals surface area contributed by atoms with Crippen LogP contribution < -0.4 is 10.0 Å². The monoisotopic (exact) mass is 448 g/mol. The molecule has 1 fully saturated rings. The Hall–Kier alpha value is -2.92. The average molecular weight is 448 g/mol. The van der Waals surface area contributed by atoms with E-state index in [1.54, 1.807) is 10.9 Å². The summed E-state index contributed by atoms with van der Waals surface area (Å²) in [4.78, 5) is 7.82. The van der Waals surface area contributed by atoms with Crippen molar-refractivity contribution in [1.29, 1.82) is 0 Å². The molecule has 0 spiro atoms. The van der Waals surface area contributed by atoms with Crippen molar-refractivity contribution in [3.63, 3.8) is 0 Å². The number of sulfonamides is 1. The van der Waals surface area contributed by atoms with Crippen LogP contribution in [0, 0.1) is 6.92 Å². The van der Waals surface area contributed by atoms with E-state index in [4.69, 9.17) is 0 Å². The van der Waals surface area contributed by atoms with Gasteiger partial charge in [-0.1, -0.05) is 6.07 Å². The van der Waals surface area contributed by atoms with Crippen molar-refractivity contribution in [1.82, 2.24) is 24.5 Å². The van der Waals surface area contributed by atoms with E-state index < -0.39 is 16.4 Å². The Morgan fingerprint density at radius 3 is 2.77 bits per heavy atom. The molecule has 0 unspecified atom stereocenters. The fraction of sp³-hybridized carbons (Fsp3) is 0.350. The standard InChI is InChI=1S/C20H22F2N6O2S/c1-13-8-14(10-16(9-13)26-20-23-5-4-18(27-20)19(21)22)15-11-24-28(12-15)7-6-25-31(29,30)17-2-3-17/h4-5,8-12,17,19,25H,2-3,6-7H2,1H3,(H,23,26,27). The summed E-state index contributed by atoms with van der Waals surface area (Å²) in [5, 5.41) is 7.02. The molecule has 0 bridgehead atoms. The second-order valence-corrected chi connectivity index (χ2v) is 9.49. The van der Waals surface area contributed by atoms with Crippen LogP contribution in [-0.2, 0) is 16.6 Å². The van der Waals surface area contributed by atoms with Crippen LogP contribution >= 0.6 is 0 Å². The van der Waals surface area contributed by atoms with E-state index in [9.17, 15) is 17.2 Å². The molecule has 0 atom stereocenters. The van der Waals surface area contributed by atoms with Gasteiger partial charge in [-0.05, 0) is 49.1 Å². The SMILES string of the molecule is Cc1cc(Nc2nccc(C(F)F)n2)cc(-c2cnn(CCNS(=O)(=O)C3CC3)c2)c1. The first-order valence-corrected chi connectivity index (χ1v) is 11.4. The van der Waals surface area contributed by atoms with Crippen LogP contribution in [0.1, 0.15) is 30.5 Å². The first kappa shape index (κ1) is 21.3. The van der Waals surface area contributed by atoms with Gasteiger partial charge in [-0.25, -0.2) is 31.9 Å². The Labute approximate surface area is 178 Å². The molecule has 4 rings (SSSR count). The van der Waals surface area contributed by atoms with Gasteiger partial charge in [0.15, 0.2) is 0 Å². The highest BCUT2D eigenvalue weighted by atomic mass is 32.2. The van der Waals surface area contributed by atoms with Crippen molar-refractivity contribution in [3.8, 4) is 11.1 Å². The van der Waals surface area contributed by atoms with E-state index in [1.807, 2.05) is 31.3 Å². The van der Waals surface area contributed by atoms with Gasteiger partial charge in [0.1, 0.15) is 5.69 Å². The minimum absolute atomic E-state index is 0.0907. The number of aromatic nitrogens is 4. The van der Waals surface area contributed by atoms with E-state index in [2.05, 4.69) is 25.1 Å². The lowest BCUT2D eigenvalue weighted by Gasteiger charge is -2.09. The van der Waals surface area contributed by atoms with Crippen LogP contribution in [0.3, 0.4) is 0 Å². The molecule has 2 aromatic heterocycles. The number of hydrogen-bond donors (Lipinski definition) is 2. The molecule has 164 valence electrons. The van der Waals surface area contributed by atoms with Crippen molar-refractivity contribution in [2.24, 2.45) is 0 Å². The third kappa shape index (κ3) is 5.42. The molecule has 1 aromatic carbocycles. The zero-order chi connectivity index (χ0) is 22.0. The van der Waals surface area contributed by atoms with Gasteiger partial charge in [-0.2, -0.15) is 5.10 Å². The number of benzene rings is 1. The fourth-order valence-electron chi connectivity index (χ4n) is 3.14. The number of nitrogens with one attached hydrogen (secondary N) is 2. The molecule has 3 aromatic rings. The Balaban J connectivity index is 1.45. The highest BCUT2D eigenvalue weighted by molar-refractivity contribution is 7.90. The predicted octanol–water partition coefficient (Wildman–Crippen LogP) is 3.41. The first-order chi connectivity index (χ1) is 14.8. The molecule has 31 heavy (non-hydrogen) atoms. The Bertz CT molecular complexity index is 1180.